The first-order valence-electron chi connectivity index (χ1n) is 4.80. The maximum Gasteiger partial charge on any atom is 0.145 e. The van der Waals surface area contributed by atoms with E-state index in [1.54, 1.807) is 0 Å². The molecule has 0 rings (SSSR count). The predicted octanol–water partition coefficient (Wildman–Crippen LogP) is 3.96. The van der Waals surface area contributed by atoms with Crippen molar-refractivity contribution in [1.82, 2.24) is 0 Å². The minimum atomic E-state index is 0.480. The molecule has 0 aromatic carbocycles. The highest BCUT2D eigenvalue weighted by Gasteiger charge is 2.33. The van der Waals surface area contributed by atoms with Gasteiger partial charge in [-0.1, -0.05) is 59.5 Å². The SMILES string of the molecule is CB(C(C)C)C(C)(C)C(C)C. The van der Waals surface area contributed by atoms with Gasteiger partial charge in [0.05, 0.1) is 0 Å². The Kier molecular flexibility index (Phi) is 3.67. The molecule has 0 fully saturated rings. The van der Waals surface area contributed by atoms with Crippen LogP contribution in [0.1, 0.15) is 41.5 Å². The zero-order valence-electron chi connectivity index (χ0n) is 9.23. The van der Waals surface area contributed by atoms with Gasteiger partial charge in [-0.25, -0.2) is 0 Å². The molecule has 11 heavy (non-hydrogen) atoms. The summed E-state index contributed by atoms with van der Waals surface area (Å²) in [5.41, 5.74) is 0. The first-order valence-corrected chi connectivity index (χ1v) is 4.80. The van der Waals surface area contributed by atoms with Gasteiger partial charge >= 0.3 is 0 Å². The normalized spacial score (nSPS) is 12.8. The molecule has 0 radical (unpaired) electrons. The lowest BCUT2D eigenvalue weighted by molar-refractivity contribution is 0.461. The van der Waals surface area contributed by atoms with Crippen molar-refractivity contribution in [1.29, 1.82) is 0 Å². The van der Waals surface area contributed by atoms with E-state index in [-0.39, 0.29) is 0 Å². The fourth-order valence-corrected chi connectivity index (χ4v) is 1.38. The van der Waals surface area contributed by atoms with Gasteiger partial charge < -0.3 is 0 Å². The third kappa shape index (κ3) is 2.54. The molecule has 0 atom stereocenters. The molecule has 0 saturated heterocycles. The van der Waals surface area contributed by atoms with Gasteiger partial charge in [-0.3, -0.25) is 0 Å². The Morgan fingerprint density at radius 2 is 1.36 bits per heavy atom. The number of hydrogen-bond donors (Lipinski definition) is 0. The van der Waals surface area contributed by atoms with Crippen molar-refractivity contribution in [2.24, 2.45) is 5.92 Å². The van der Waals surface area contributed by atoms with Crippen LogP contribution in [0.4, 0.5) is 0 Å². The lowest BCUT2D eigenvalue weighted by atomic mass is 9.28. The zero-order chi connectivity index (χ0) is 9.23. The van der Waals surface area contributed by atoms with Crippen molar-refractivity contribution in [3.8, 4) is 0 Å². The van der Waals surface area contributed by atoms with Crippen molar-refractivity contribution in [3.05, 3.63) is 0 Å². The van der Waals surface area contributed by atoms with Gasteiger partial charge in [-0.15, -0.1) is 0 Å². The molecule has 0 aliphatic rings. The molecule has 0 amide bonds. The van der Waals surface area contributed by atoms with Crippen LogP contribution >= 0.6 is 0 Å². The van der Waals surface area contributed by atoms with E-state index in [0.29, 0.717) is 5.31 Å². The first kappa shape index (κ1) is 11.1. The van der Waals surface area contributed by atoms with E-state index in [9.17, 15) is 0 Å². The molecule has 0 unspecified atom stereocenters. The second kappa shape index (κ2) is 3.64. The van der Waals surface area contributed by atoms with Crippen LogP contribution in [0.5, 0.6) is 0 Å². The Morgan fingerprint density at radius 1 is 1.00 bits per heavy atom. The maximum atomic E-state index is 2.38. The van der Waals surface area contributed by atoms with Gasteiger partial charge in [-0.2, -0.15) is 0 Å². The highest BCUT2D eigenvalue weighted by atomic mass is 14.2. The largest absolute Gasteiger partial charge is 0.145 e. The predicted molar refractivity (Wildman–Crippen MR) is 55.6 cm³/mol. The third-order valence-corrected chi connectivity index (χ3v) is 3.66. The van der Waals surface area contributed by atoms with Gasteiger partial charge in [0.1, 0.15) is 6.71 Å². The molecule has 0 aromatic rings. The monoisotopic (exact) mass is 154 g/mol. The van der Waals surface area contributed by atoms with Crippen molar-refractivity contribution in [2.45, 2.75) is 59.5 Å². The first-order chi connectivity index (χ1) is 4.80. The van der Waals surface area contributed by atoms with Gasteiger partial charge in [0.15, 0.2) is 0 Å². The van der Waals surface area contributed by atoms with E-state index in [1.165, 1.54) is 0 Å². The van der Waals surface area contributed by atoms with Crippen LogP contribution in [0.15, 0.2) is 0 Å². The highest BCUT2D eigenvalue weighted by molar-refractivity contribution is 6.62. The molecular formula is C10H23B. The Balaban J connectivity index is 4.29. The van der Waals surface area contributed by atoms with Crippen molar-refractivity contribution < 1.29 is 0 Å². The molecule has 0 aromatic heterocycles. The summed E-state index contributed by atoms with van der Waals surface area (Å²) in [5, 5.41) is 0.480. The van der Waals surface area contributed by atoms with Crippen molar-refractivity contribution in [3.63, 3.8) is 0 Å². The Bertz CT molecular complexity index is 114. The molecule has 0 bridgehead atoms. The summed E-state index contributed by atoms with van der Waals surface area (Å²) in [4.78, 5) is 0. The standard InChI is InChI=1S/C10H23B/c1-8(2)10(5,6)11(7)9(3)4/h8-9H,1-7H3. The molecule has 0 aliphatic heterocycles. The molecule has 0 heterocycles. The van der Waals surface area contributed by atoms with Gasteiger partial charge in [0, 0.05) is 0 Å². The van der Waals surface area contributed by atoms with Gasteiger partial charge in [0.25, 0.3) is 0 Å². The molecule has 0 spiro atoms. The van der Waals surface area contributed by atoms with E-state index in [0.717, 1.165) is 18.4 Å². The van der Waals surface area contributed by atoms with Crippen LogP contribution in [0, 0.1) is 5.92 Å². The maximum absolute atomic E-state index is 2.38. The Hall–Kier alpha value is 0.0649. The number of hydrogen-bond acceptors (Lipinski definition) is 0. The summed E-state index contributed by atoms with van der Waals surface area (Å²) in [6.45, 7) is 17.2. The summed E-state index contributed by atoms with van der Waals surface area (Å²) in [6.07, 6.45) is 0. The Labute approximate surface area is 72.8 Å². The molecule has 0 nitrogen and oxygen atoms in total. The summed E-state index contributed by atoms with van der Waals surface area (Å²) in [7, 11) is 0. The van der Waals surface area contributed by atoms with Crippen molar-refractivity contribution >= 4 is 6.71 Å². The topological polar surface area (TPSA) is 0 Å². The van der Waals surface area contributed by atoms with E-state index in [1.807, 2.05) is 0 Å². The molecule has 66 valence electrons. The van der Waals surface area contributed by atoms with Gasteiger partial charge in [-0.05, 0) is 5.92 Å². The lowest BCUT2D eigenvalue weighted by Crippen LogP contribution is -2.31. The van der Waals surface area contributed by atoms with Crippen LogP contribution in [0.2, 0.25) is 18.0 Å². The number of rotatable bonds is 3. The summed E-state index contributed by atoms with van der Waals surface area (Å²) in [6, 6.07) is 0. The Morgan fingerprint density at radius 3 is 1.45 bits per heavy atom. The van der Waals surface area contributed by atoms with Crippen LogP contribution in [0.25, 0.3) is 0 Å². The fourth-order valence-electron chi connectivity index (χ4n) is 1.38. The van der Waals surface area contributed by atoms with Crippen molar-refractivity contribution in [2.75, 3.05) is 0 Å². The average molecular weight is 154 g/mol. The zero-order valence-corrected chi connectivity index (χ0v) is 9.23. The smallest absolute Gasteiger partial charge is 0.0854 e. The van der Waals surface area contributed by atoms with Crippen LogP contribution < -0.4 is 0 Å². The van der Waals surface area contributed by atoms with Crippen LogP contribution in [-0.2, 0) is 0 Å². The highest BCUT2D eigenvalue weighted by Crippen LogP contribution is 2.41. The molecule has 1 heteroatoms. The minimum Gasteiger partial charge on any atom is -0.0854 e. The molecule has 0 aliphatic carbocycles. The van der Waals surface area contributed by atoms with Crippen LogP contribution in [-0.4, -0.2) is 6.71 Å². The minimum absolute atomic E-state index is 0.480. The van der Waals surface area contributed by atoms with E-state index < -0.39 is 0 Å². The van der Waals surface area contributed by atoms with E-state index >= 15 is 0 Å². The second-order valence-corrected chi connectivity index (χ2v) is 5.01. The second-order valence-electron chi connectivity index (χ2n) is 5.01. The summed E-state index contributed by atoms with van der Waals surface area (Å²) in [5.74, 6) is 1.58. The summed E-state index contributed by atoms with van der Waals surface area (Å²) < 4.78 is 0. The third-order valence-electron chi connectivity index (χ3n) is 3.66. The van der Waals surface area contributed by atoms with Gasteiger partial charge in [0.2, 0.25) is 0 Å². The summed E-state index contributed by atoms with van der Waals surface area (Å²) >= 11 is 0. The quantitative estimate of drug-likeness (QED) is 0.539. The van der Waals surface area contributed by atoms with Crippen LogP contribution in [0.3, 0.4) is 0 Å². The fraction of sp³-hybridized carbons (Fsp3) is 1.00. The molecule has 0 N–H and O–H groups in total. The van der Waals surface area contributed by atoms with E-state index in [2.05, 4.69) is 48.4 Å². The molecule has 0 saturated carbocycles. The molecular weight excluding hydrogens is 131 g/mol. The van der Waals surface area contributed by atoms with E-state index in [4.69, 9.17) is 0 Å². The lowest BCUT2D eigenvalue weighted by Gasteiger charge is -2.36. The average Bonchev–Trinajstić information content (AvgIpc) is 1.85.